The molecule has 0 aliphatic heterocycles. The van der Waals surface area contributed by atoms with E-state index in [0.717, 1.165) is 10.9 Å². The summed E-state index contributed by atoms with van der Waals surface area (Å²) in [5.74, 6) is 0.550. The fraction of sp³-hybridized carbons (Fsp3) is 0.312. The molecule has 1 amide bonds. The number of amides is 1. The molecule has 2 aromatic rings. The molecule has 2 heteroatoms. The molecule has 94 valence electrons. The van der Waals surface area contributed by atoms with Gasteiger partial charge in [0.05, 0.1) is 0 Å². The quantitative estimate of drug-likeness (QED) is 0.785. The van der Waals surface area contributed by atoms with Gasteiger partial charge in [-0.2, -0.15) is 0 Å². The molecular formula is C16H19NO. The third-order valence-corrected chi connectivity index (χ3v) is 3.18. The number of rotatable bonds is 2. The van der Waals surface area contributed by atoms with Crippen molar-refractivity contribution in [2.24, 2.45) is 0 Å². The average molecular weight is 241 g/mol. The van der Waals surface area contributed by atoms with Crippen LogP contribution in [0.5, 0.6) is 0 Å². The van der Waals surface area contributed by atoms with Crippen molar-refractivity contribution >= 4 is 16.7 Å². The van der Waals surface area contributed by atoms with Crippen molar-refractivity contribution in [1.29, 1.82) is 0 Å². The van der Waals surface area contributed by atoms with Crippen LogP contribution in [0.3, 0.4) is 0 Å². The van der Waals surface area contributed by atoms with Crippen LogP contribution in [0.2, 0.25) is 0 Å². The van der Waals surface area contributed by atoms with Crippen LogP contribution in [0.15, 0.2) is 36.4 Å². The maximum atomic E-state index is 11.9. The van der Waals surface area contributed by atoms with Crippen LogP contribution in [0.1, 0.15) is 35.7 Å². The van der Waals surface area contributed by atoms with Crippen LogP contribution >= 0.6 is 0 Å². The van der Waals surface area contributed by atoms with Crippen LogP contribution in [0.4, 0.5) is 0 Å². The summed E-state index contributed by atoms with van der Waals surface area (Å²) in [6.07, 6.45) is 0. The van der Waals surface area contributed by atoms with Crippen molar-refractivity contribution in [3.05, 3.63) is 47.5 Å². The van der Waals surface area contributed by atoms with E-state index >= 15 is 0 Å². The summed E-state index contributed by atoms with van der Waals surface area (Å²) in [6, 6.07) is 12.3. The fourth-order valence-corrected chi connectivity index (χ4v) is 2.02. The lowest BCUT2D eigenvalue weighted by Gasteiger charge is -2.12. The molecule has 0 N–H and O–H groups in total. The molecule has 0 aromatic heterocycles. The van der Waals surface area contributed by atoms with Crippen molar-refractivity contribution in [3.63, 3.8) is 0 Å². The molecule has 0 unspecified atom stereocenters. The monoisotopic (exact) mass is 241 g/mol. The highest BCUT2D eigenvalue weighted by atomic mass is 16.2. The minimum atomic E-state index is 0.0480. The molecule has 0 spiro atoms. The van der Waals surface area contributed by atoms with Gasteiger partial charge in [-0.25, -0.2) is 0 Å². The maximum Gasteiger partial charge on any atom is 0.253 e. The Morgan fingerprint density at radius 1 is 1.00 bits per heavy atom. The summed E-state index contributed by atoms with van der Waals surface area (Å²) in [7, 11) is 3.55. The molecule has 2 rings (SSSR count). The predicted octanol–water partition coefficient (Wildman–Crippen LogP) is 3.67. The Kier molecular flexibility index (Phi) is 3.37. The van der Waals surface area contributed by atoms with E-state index in [1.165, 1.54) is 10.9 Å². The number of carbonyl (C=O) groups is 1. The van der Waals surface area contributed by atoms with Crippen LogP contribution in [-0.2, 0) is 0 Å². The molecular weight excluding hydrogens is 222 g/mol. The third-order valence-electron chi connectivity index (χ3n) is 3.18. The van der Waals surface area contributed by atoms with E-state index in [4.69, 9.17) is 0 Å². The molecule has 0 fully saturated rings. The van der Waals surface area contributed by atoms with Crippen LogP contribution in [-0.4, -0.2) is 24.9 Å². The highest BCUT2D eigenvalue weighted by Crippen LogP contribution is 2.22. The summed E-state index contributed by atoms with van der Waals surface area (Å²) >= 11 is 0. The first-order valence-electron chi connectivity index (χ1n) is 6.24. The second-order valence-corrected chi connectivity index (χ2v) is 5.18. The second-order valence-electron chi connectivity index (χ2n) is 5.18. The lowest BCUT2D eigenvalue weighted by Crippen LogP contribution is -2.21. The first-order valence-corrected chi connectivity index (χ1v) is 6.24. The van der Waals surface area contributed by atoms with E-state index < -0.39 is 0 Å². The number of hydrogen-bond acceptors (Lipinski definition) is 1. The van der Waals surface area contributed by atoms with Gasteiger partial charge in [0.15, 0.2) is 0 Å². The number of nitrogens with zero attached hydrogens (tertiary/aromatic N) is 1. The third kappa shape index (κ3) is 2.37. The van der Waals surface area contributed by atoms with Gasteiger partial charge >= 0.3 is 0 Å². The first-order chi connectivity index (χ1) is 8.49. The largest absolute Gasteiger partial charge is 0.345 e. The highest BCUT2D eigenvalue weighted by Gasteiger charge is 2.09. The van der Waals surface area contributed by atoms with Crippen LogP contribution in [0, 0.1) is 0 Å². The molecule has 2 nitrogen and oxygen atoms in total. The summed E-state index contributed by atoms with van der Waals surface area (Å²) in [5.41, 5.74) is 2.05. The fourth-order valence-electron chi connectivity index (χ4n) is 2.02. The van der Waals surface area contributed by atoms with E-state index in [1.807, 2.05) is 18.2 Å². The van der Waals surface area contributed by atoms with Gasteiger partial charge in [-0.05, 0) is 34.4 Å². The van der Waals surface area contributed by atoms with Gasteiger partial charge < -0.3 is 4.90 Å². The Labute approximate surface area is 108 Å². The molecule has 2 aromatic carbocycles. The number of carbonyl (C=O) groups excluding carboxylic acids is 1. The van der Waals surface area contributed by atoms with Crippen molar-refractivity contribution in [1.82, 2.24) is 4.90 Å². The molecule has 0 bridgehead atoms. The standard InChI is InChI=1S/C16H19NO/c1-11(2)13-7-5-12-6-8-14(10-15(12)9-13)16(18)17(3)4/h5-11H,1-4H3. The van der Waals surface area contributed by atoms with Gasteiger partial charge in [0.2, 0.25) is 0 Å². The Morgan fingerprint density at radius 2 is 1.67 bits per heavy atom. The zero-order chi connectivity index (χ0) is 13.3. The lowest BCUT2D eigenvalue weighted by atomic mass is 9.98. The summed E-state index contributed by atoms with van der Waals surface area (Å²) < 4.78 is 0. The van der Waals surface area contributed by atoms with E-state index in [9.17, 15) is 4.79 Å². The molecule has 0 heterocycles. The summed E-state index contributed by atoms with van der Waals surface area (Å²) in [5, 5.41) is 2.31. The molecule has 18 heavy (non-hydrogen) atoms. The van der Waals surface area contributed by atoms with Crippen LogP contribution in [0.25, 0.3) is 10.8 Å². The predicted molar refractivity (Wildman–Crippen MR) is 76.1 cm³/mol. The molecule has 0 radical (unpaired) electrons. The Hall–Kier alpha value is -1.83. The van der Waals surface area contributed by atoms with E-state index in [-0.39, 0.29) is 5.91 Å². The van der Waals surface area contributed by atoms with Crippen LogP contribution < -0.4 is 0 Å². The number of hydrogen-bond donors (Lipinski definition) is 0. The molecule has 0 saturated heterocycles. The van der Waals surface area contributed by atoms with Gasteiger partial charge in [-0.1, -0.05) is 38.1 Å². The minimum absolute atomic E-state index is 0.0480. The molecule has 0 atom stereocenters. The average Bonchev–Trinajstić information content (AvgIpc) is 2.36. The number of fused-ring (bicyclic) bond motifs is 1. The summed E-state index contributed by atoms with van der Waals surface area (Å²) in [6.45, 7) is 4.35. The minimum Gasteiger partial charge on any atom is -0.345 e. The summed E-state index contributed by atoms with van der Waals surface area (Å²) in [4.78, 5) is 13.5. The zero-order valence-corrected chi connectivity index (χ0v) is 11.4. The Morgan fingerprint density at radius 3 is 2.28 bits per heavy atom. The van der Waals surface area contributed by atoms with Gasteiger partial charge in [0.1, 0.15) is 0 Å². The van der Waals surface area contributed by atoms with Gasteiger partial charge in [0.25, 0.3) is 5.91 Å². The van der Waals surface area contributed by atoms with E-state index in [1.54, 1.807) is 19.0 Å². The molecule has 0 saturated carbocycles. The second kappa shape index (κ2) is 4.81. The normalized spacial score (nSPS) is 10.9. The first kappa shape index (κ1) is 12.6. The van der Waals surface area contributed by atoms with Gasteiger partial charge in [-0.15, -0.1) is 0 Å². The Balaban J connectivity index is 2.52. The van der Waals surface area contributed by atoms with Gasteiger partial charge in [0, 0.05) is 19.7 Å². The zero-order valence-electron chi connectivity index (χ0n) is 11.4. The van der Waals surface area contributed by atoms with Crippen molar-refractivity contribution in [2.45, 2.75) is 19.8 Å². The maximum absolute atomic E-state index is 11.9. The topological polar surface area (TPSA) is 20.3 Å². The van der Waals surface area contributed by atoms with Crippen molar-refractivity contribution in [3.8, 4) is 0 Å². The molecule has 0 aliphatic rings. The van der Waals surface area contributed by atoms with E-state index in [2.05, 4.69) is 32.0 Å². The molecule has 0 aliphatic carbocycles. The highest BCUT2D eigenvalue weighted by molar-refractivity contribution is 5.98. The van der Waals surface area contributed by atoms with Crippen molar-refractivity contribution < 1.29 is 4.79 Å². The van der Waals surface area contributed by atoms with Crippen molar-refractivity contribution in [2.75, 3.05) is 14.1 Å². The number of benzene rings is 2. The van der Waals surface area contributed by atoms with E-state index in [0.29, 0.717) is 5.92 Å². The Bertz CT molecular complexity index is 585. The van der Waals surface area contributed by atoms with Gasteiger partial charge in [-0.3, -0.25) is 4.79 Å². The SMILES string of the molecule is CC(C)c1ccc2ccc(C(=O)N(C)C)cc2c1. The smallest absolute Gasteiger partial charge is 0.253 e. The lowest BCUT2D eigenvalue weighted by molar-refractivity contribution is 0.0828.